The van der Waals surface area contributed by atoms with Gasteiger partial charge in [0.2, 0.25) is 0 Å². The molecule has 0 nitrogen and oxygen atoms in total. The van der Waals surface area contributed by atoms with Crippen LogP contribution in [0.15, 0.2) is 121 Å². The molecule has 0 unspecified atom stereocenters. The molecule has 0 fully saturated rings. The zero-order valence-corrected chi connectivity index (χ0v) is 26.0. The van der Waals surface area contributed by atoms with E-state index < -0.39 is 0 Å². The minimum absolute atomic E-state index is 0.157. The van der Waals surface area contributed by atoms with Gasteiger partial charge in [0.05, 0.1) is 0 Å². The van der Waals surface area contributed by atoms with Crippen molar-refractivity contribution in [3.8, 4) is 0 Å². The Morgan fingerprint density at radius 1 is 0.459 bits per heavy atom. The van der Waals surface area contributed by atoms with E-state index >= 15 is 0 Å². The number of unbranched alkanes of at least 4 members (excludes halogenated alkanes) is 2. The number of halogens is 2. The fraction of sp³-hybridized carbons (Fsp3) is 0.250. The van der Waals surface area contributed by atoms with Crippen molar-refractivity contribution >= 4 is 57.4 Å². The third kappa shape index (κ3) is 12.5. The van der Waals surface area contributed by atoms with E-state index in [4.69, 9.17) is 20.4 Å². The van der Waals surface area contributed by atoms with Crippen molar-refractivity contribution < 1.29 is 12.7 Å². The molecule has 0 spiro atoms. The van der Waals surface area contributed by atoms with Crippen molar-refractivity contribution in [2.45, 2.75) is 39.5 Å². The van der Waals surface area contributed by atoms with Crippen LogP contribution in [0.4, 0.5) is 0 Å². The first-order valence-electron chi connectivity index (χ1n) is 12.8. The van der Waals surface area contributed by atoms with Gasteiger partial charge in [-0.15, -0.1) is 0 Å². The summed E-state index contributed by atoms with van der Waals surface area (Å²) in [5.74, 6) is 0. The molecule has 0 amide bonds. The Kier molecular flexibility index (Phi) is 17.9. The van der Waals surface area contributed by atoms with Crippen molar-refractivity contribution in [3.05, 3.63) is 121 Å². The summed E-state index contributed by atoms with van der Waals surface area (Å²) in [5, 5.41) is 6.01. The molecule has 0 aliphatic carbocycles. The Bertz CT molecular complexity index is 885. The van der Waals surface area contributed by atoms with E-state index in [2.05, 4.69) is 135 Å². The Morgan fingerprint density at radius 2 is 0.676 bits per heavy atom. The fourth-order valence-corrected chi connectivity index (χ4v) is 8.90. The second kappa shape index (κ2) is 20.7. The second-order valence-electron chi connectivity index (χ2n) is 8.40. The molecule has 37 heavy (non-hydrogen) atoms. The van der Waals surface area contributed by atoms with Gasteiger partial charge in [-0.3, -0.25) is 0 Å². The van der Waals surface area contributed by atoms with Crippen LogP contribution in [0.1, 0.15) is 39.5 Å². The minimum atomic E-state index is -0.157. The Hall–Kier alpha value is -1.19. The van der Waals surface area contributed by atoms with Gasteiger partial charge in [-0.1, -0.05) is 148 Å². The van der Waals surface area contributed by atoms with Crippen molar-refractivity contribution in [1.82, 2.24) is 0 Å². The summed E-state index contributed by atoms with van der Waals surface area (Å²) in [5.41, 5.74) is 0. The molecule has 5 heteroatoms. The summed E-state index contributed by atoms with van der Waals surface area (Å²) < 4.78 is 0. The number of hydrogen-bond donors (Lipinski definition) is 0. The predicted molar refractivity (Wildman–Crippen MR) is 169 cm³/mol. The van der Waals surface area contributed by atoms with E-state index in [1.165, 1.54) is 59.2 Å². The first-order chi connectivity index (χ1) is 18.2. The molecule has 0 aliphatic rings. The standard InChI is InChI=1S/2C16H19P.2ClH.Ni/c2*1-2-3-14-17(15-10-6-4-7-11-15)16-12-8-5-9-13-16;;;/h2*4-13H,2-3,14H2,1H3;2*1H;/q;;;;+2/p-2. The van der Waals surface area contributed by atoms with E-state index in [1.54, 1.807) is 0 Å². The quantitative estimate of drug-likeness (QED) is 0.124. The summed E-state index contributed by atoms with van der Waals surface area (Å²) in [6.45, 7) is 4.53. The van der Waals surface area contributed by atoms with Crippen LogP contribution >= 0.6 is 36.2 Å². The van der Waals surface area contributed by atoms with E-state index in [0.29, 0.717) is 12.7 Å². The van der Waals surface area contributed by atoms with Crippen molar-refractivity contribution in [2.24, 2.45) is 0 Å². The molecule has 0 aliphatic heterocycles. The normalized spacial score (nSPS) is 10.4. The summed E-state index contributed by atoms with van der Waals surface area (Å²) in [7, 11) is 9.09. The molecule has 0 aromatic heterocycles. The topological polar surface area (TPSA) is 0 Å². The summed E-state index contributed by atoms with van der Waals surface area (Å²) in [4.78, 5) is 0. The monoisotopic (exact) mass is 612 g/mol. The molecule has 0 saturated carbocycles. The molecular weight excluding hydrogens is 576 g/mol. The number of benzene rings is 4. The summed E-state index contributed by atoms with van der Waals surface area (Å²) in [6.07, 6.45) is 7.79. The van der Waals surface area contributed by atoms with Crippen LogP contribution in [-0.4, -0.2) is 12.3 Å². The van der Waals surface area contributed by atoms with Gasteiger partial charge in [0.1, 0.15) is 0 Å². The summed E-state index contributed by atoms with van der Waals surface area (Å²) in [6, 6.07) is 43.8. The van der Waals surface area contributed by atoms with Crippen LogP contribution in [0, 0.1) is 0 Å². The maximum atomic E-state index is 4.70. The average Bonchev–Trinajstić information content (AvgIpc) is 2.97. The molecule has 0 saturated heterocycles. The molecule has 4 aromatic rings. The molecular formula is C32H38Cl2NiP2. The van der Waals surface area contributed by atoms with E-state index in [1.807, 2.05) is 0 Å². The molecule has 0 heterocycles. The van der Waals surface area contributed by atoms with Crippen LogP contribution < -0.4 is 21.2 Å². The Morgan fingerprint density at radius 3 is 0.865 bits per heavy atom. The molecule has 200 valence electrons. The van der Waals surface area contributed by atoms with Gasteiger partial charge in [0, 0.05) is 0 Å². The van der Waals surface area contributed by atoms with Crippen LogP contribution in [0.5, 0.6) is 0 Å². The van der Waals surface area contributed by atoms with E-state index in [0.717, 1.165) is 0 Å². The van der Waals surface area contributed by atoms with Crippen molar-refractivity contribution in [2.75, 3.05) is 12.3 Å². The van der Waals surface area contributed by atoms with Gasteiger partial charge in [-0.2, -0.15) is 0 Å². The molecule has 4 rings (SSSR count). The van der Waals surface area contributed by atoms with Crippen molar-refractivity contribution in [1.29, 1.82) is 0 Å². The van der Waals surface area contributed by atoms with E-state index in [-0.39, 0.29) is 15.8 Å². The van der Waals surface area contributed by atoms with E-state index in [9.17, 15) is 0 Å². The van der Waals surface area contributed by atoms with Crippen LogP contribution in [0.3, 0.4) is 0 Å². The summed E-state index contributed by atoms with van der Waals surface area (Å²) >= 11 is 0.569. The van der Waals surface area contributed by atoms with Crippen molar-refractivity contribution in [3.63, 3.8) is 0 Å². The Labute approximate surface area is 242 Å². The van der Waals surface area contributed by atoms with Crippen LogP contribution in [0.2, 0.25) is 0 Å². The maximum absolute atomic E-state index is 4.70. The van der Waals surface area contributed by atoms with Gasteiger partial charge < -0.3 is 0 Å². The SMILES string of the molecule is CCCCP(c1ccccc1)c1ccccc1.CCCCP(c1ccccc1)c1ccccc1.[Cl][Ni][Cl]. The van der Waals surface area contributed by atoms with Gasteiger partial charge >= 0.3 is 33.0 Å². The zero-order valence-electron chi connectivity index (χ0n) is 21.8. The van der Waals surface area contributed by atoms with Gasteiger partial charge in [-0.25, -0.2) is 0 Å². The molecule has 4 aromatic carbocycles. The number of rotatable bonds is 10. The predicted octanol–water partition coefficient (Wildman–Crippen LogP) is 9.22. The number of hydrogen-bond acceptors (Lipinski definition) is 0. The van der Waals surface area contributed by atoms with Gasteiger partial charge in [0.15, 0.2) is 0 Å². The van der Waals surface area contributed by atoms with Gasteiger partial charge in [0.25, 0.3) is 0 Å². The third-order valence-electron chi connectivity index (χ3n) is 5.74. The molecule has 0 radical (unpaired) electrons. The average molecular weight is 614 g/mol. The zero-order chi connectivity index (χ0) is 26.6. The molecule has 0 atom stereocenters. The second-order valence-corrected chi connectivity index (χ2v) is 14.7. The first-order valence-corrected chi connectivity index (χ1v) is 18.6. The third-order valence-corrected chi connectivity index (χ3v) is 11.0. The fourth-order valence-electron chi connectivity index (χ4n) is 3.88. The first kappa shape index (κ1) is 32.0. The van der Waals surface area contributed by atoms with Gasteiger partial charge in [-0.05, 0) is 62.2 Å². The molecule has 0 N–H and O–H groups in total. The van der Waals surface area contributed by atoms with Crippen LogP contribution in [-0.2, 0) is 12.7 Å². The van der Waals surface area contributed by atoms with Crippen LogP contribution in [0.25, 0.3) is 0 Å². The Balaban J connectivity index is 0.000000235. The molecule has 0 bridgehead atoms.